The van der Waals surface area contributed by atoms with Gasteiger partial charge < -0.3 is 34.6 Å². The molecule has 0 aromatic heterocycles. The minimum absolute atomic E-state index is 0.0405. The highest BCUT2D eigenvalue weighted by atomic mass is 35.5. The van der Waals surface area contributed by atoms with Crippen LogP contribution in [0.25, 0.3) is 0 Å². The average molecular weight is 456 g/mol. The van der Waals surface area contributed by atoms with Gasteiger partial charge in [-0.3, -0.25) is 0 Å². The molecule has 2 aromatic rings. The van der Waals surface area contributed by atoms with E-state index in [2.05, 4.69) is 0 Å². The van der Waals surface area contributed by atoms with E-state index < -0.39 is 49.2 Å². The van der Waals surface area contributed by atoms with Gasteiger partial charge in [0.15, 0.2) is 0 Å². The zero-order valence-corrected chi connectivity index (χ0v) is 17.4. The molecular formula is C23H27ClO7. The Morgan fingerprint density at radius 3 is 2.65 bits per heavy atom. The Kier molecular flexibility index (Phi) is 4.53. The Labute approximate surface area is 192 Å². The molecule has 2 aliphatic heterocycles. The molecule has 2 fully saturated rings. The number of hydrogen-bond acceptors (Lipinski definition) is 7. The Hall–Kier alpha value is -1.71. The molecule has 0 spiro atoms. The van der Waals surface area contributed by atoms with Gasteiger partial charge in [-0.1, -0.05) is 29.8 Å². The molecule has 168 valence electrons. The third-order valence-corrected chi connectivity index (χ3v) is 6.40. The van der Waals surface area contributed by atoms with Crippen LogP contribution in [-0.4, -0.2) is 63.6 Å². The first-order valence-corrected chi connectivity index (χ1v) is 10.1. The van der Waals surface area contributed by atoms with E-state index in [1.165, 1.54) is 19.1 Å². The number of aliphatic hydroxyl groups is 4. The summed E-state index contributed by atoms with van der Waals surface area (Å²) in [5.41, 5.74) is 0.0337. The van der Waals surface area contributed by atoms with Gasteiger partial charge in [0, 0.05) is 14.7 Å². The molecule has 0 radical (unpaired) electrons. The van der Waals surface area contributed by atoms with Crippen LogP contribution >= 0.6 is 11.6 Å². The number of ether oxygens (including phenoxy) is 3. The van der Waals surface area contributed by atoms with Gasteiger partial charge in [0.2, 0.25) is 5.79 Å². The van der Waals surface area contributed by atoms with E-state index in [4.69, 9.17) is 32.7 Å². The predicted octanol–water partition coefficient (Wildman–Crippen LogP) is 1.74. The van der Waals surface area contributed by atoms with Gasteiger partial charge in [-0.15, -0.1) is 0 Å². The highest BCUT2D eigenvalue weighted by Crippen LogP contribution is 2.51. The van der Waals surface area contributed by atoms with Crippen molar-refractivity contribution in [1.29, 1.82) is 0 Å². The van der Waals surface area contributed by atoms with E-state index in [9.17, 15) is 20.4 Å². The minimum atomic E-state index is -2.96. The van der Waals surface area contributed by atoms with Gasteiger partial charge in [0.05, 0.1) is 22.0 Å². The molecule has 2 bridgehead atoms. The van der Waals surface area contributed by atoms with Crippen molar-refractivity contribution >= 4 is 11.6 Å². The van der Waals surface area contributed by atoms with Crippen molar-refractivity contribution < 1.29 is 41.5 Å². The molecule has 0 aliphatic carbocycles. The molecule has 0 saturated carbocycles. The number of hydrogen-bond donors (Lipinski definition) is 4. The highest BCUT2D eigenvalue weighted by molar-refractivity contribution is 6.31. The molecular weight excluding hydrogens is 424 g/mol. The average Bonchev–Trinajstić information content (AvgIpc) is 3.19. The van der Waals surface area contributed by atoms with E-state index in [0.29, 0.717) is 16.1 Å². The molecule has 6 atom stereocenters. The Morgan fingerprint density at radius 1 is 1.23 bits per heavy atom. The molecule has 2 saturated heterocycles. The van der Waals surface area contributed by atoms with E-state index in [1.54, 1.807) is 30.3 Å². The second-order valence-electron chi connectivity index (χ2n) is 7.90. The highest BCUT2D eigenvalue weighted by Gasteiger charge is 2.68. The Balaban J connectivity index is 1.60. The number of aliphatic hydroxyl groups excluding tert-OH is 4. The van der Waals surface area contributed by atoms with Gasteiger partial charge in [-0.2, -0.15) is 0 Å². The van der Waals surface area contributed by atoms with Crippen molar-refractivity contribution in [3.05, 3.63) is 64.2 Å². The topological polar surface area (TPSA) is 109 Å². The normalized spacial score (nSPS) is 36.6. The molecule has 2 heterocycles. The summed E-state index contributed by atoms with van der Waals surface area (Å²) in [6.07, 6.45) is -5.79. The summed E-state index contributed by atoms with van der Waals surface area (Å²) in [6.45, 7) is -4.67. The fraction of sp³-hybridized carbons (Fsp3) is 0.478. The number of benzene rings is 2. The van der Waals surface area contributed by atoms with Crippen molar-refractivity contribution in [3.8, 4) is 5.75 Å². The molecule has 1 unspecified atom stereocenters. The lowest BCUT2D eigenvalue weighted by Crippen LogP contribution is -2.67. The maximum absolute atomic E-state index is 10.8. The van der Waals surface area contributed by atoms with E-state index >= 15 is 0 Å². The third kappa shape index (κ3) is 3.64. The van der Waals surface area contributed by atoms with Crippen LogP contribution in [0.1, 0.15) is 37.3 Å². The van der Waals surface area contributed by atoms with Crippen LogP contribution < -0.4 is 4.74 Å². The first kappa shape index (κ1) is 16.9. The van der Waals surface area contributed by atoms with Gasteiger partial charge in [-0.25, -0.2) is 0 Å². The smallest absolute Gasteiger partial charge is 0.225 e. The third-order valence-electron chi connectivity index (χ3n) is 6.03. The lowest BCUT2D eigenvalue weighted by molar-refractivity contribution is -0.336. The molecule has 2 aromatic carbocycles. The lowest BCUT2D eigenvalue weighted by Gasteiger charge is -2.47. The van der Waals surface area contributed by atoms with Crippen molar-refractivity contribution in [2.75, 3.05) is 13.2 Å². The zero-order valence-electron chi connectivity index (χ0n) is 21.7. The zero-order chi connectivity index (χ0) is 26.7. The van der Waals surface area contributed by atoms with Crippen LogP contribution in [0.3, 0.4) is 0 Å². The quantitative estimate of drug-likeness (QED) is 0.525. The van der Waals surface area contributed by atoms with Crippen LogP contribution in [-0.2, 0) is 21.7 Å². The Bertz CT molecular complexity index is 1110. The summed E-state index contributed by atoms with van der Waals surface area (Å²) >= 11 is 6.41. The first-order chi connectivity index (χ1) is 16.6. The van der Waals surface area contributed by atoms with Crippen molar-refractivity contribution in [3.63, 3.8) is 0 Å². The van der Waals surface area contributed by atoms with E-state index in [-0.39, 0.29) is 18.8 Å². The SMILES string of the molecule is [2H]C([2H])([2H])C([2H])([2H])Oc1ccc(Cc2cc([C@]34OC[C@](C(C)O)(O3)[C@@H](O)[C@H](O)[C@H]4O)ccc2Cl)cc1. The molecule has 0 amide bonds. The molecule has 31 heavy (non-hydrogen) atoms. The van der Waals surface area contributed by atoms with Gasteiger partial charge in [-0.05, 0) is 55.6 Å². The minimum Gasteiger partial charge on any atom is -0.494 e. The van der Waals surface area contributed by atoms with Crippen LogP contribution in [0.5, 0.6) is 5.75 Å². The van der Waals surface area contributed by atoms with Gasteiger partial charge in [0.1, 0.15) is 29.7 Å². The maximum Gasteiger partial charge on any atom is 0.225 e. The fourth-order valence-electron chi connectivity index (χ4n) is 4.19. The van der Waals surface area contributed by atoms with Crippen LogP contribution in [0.15, 0.2) is 42.5 Å². The molecule has 2 aliphatic rings. The largest absolute Gasteiger partial charge is 0.494 e. The number of fused-ring (bicyclic) bond motifs is 2. The summed E-state index contributed by atoms with van der Waals surface area (Å²) in [4.78, 5) is 0. The molecule has 4 N–H and O–H groups in total. The van der Waals surface area contributed by atoms with Crippen LogP contribution in [0.2, 0.25) is 5.02 Å². The summed E-state index contributed by atoms with van der Waals surface area (Å²) < 4.78 is 53.7. The standard InChI is InChI=1S/C23H27ClO7/c1-3-29-17-7-4-14(5-8-17)10-15-11-16(6-9-18(15)24)23-21(28)19(26)20(27)22(31-23,12-30-23)13(2)25/h4-9,11,13,19-21,25-28H,3,10,12H2,1-2H3/t13?,19-,20-,21+,22+,23-/m0/s1/i1D3,3D2. The first-order valence-electron chi connectivity index (χ1n) is 12.3. The fourth-order valence-corrected chi connectivity index (χ4v) is 4.37. The molecule has 8 heteroatoms. The summed E-state index contributed by atoms with van der Waals surface area (Å²) in [5, 5.41) is 42.5. The predicted molar refractivity (Wildman–Crippen MR) is 113 cm³/mol. The summed E-state index contributed by atoms with van der Waals surface area (Å²) in [5.74, 6) is -1.80. The summed E-state index contributed by atoms with van der Waals surface area (Å²) in [7, 11) is 0. The maximum atomic E-state index is 10.8. The van der Waals surface area contributed by atoms with Crippen molar-refractivity contribution in [2.45, 2.75) is 56.0 Å². The van der Waals surface area contributed by atoms with E-state index in [0.717, 1.165) is 5.56 Å². The summed E-state index contributed by atoms with van der Waals surface area (Å²) in [6, 6.07) is 10.9. The monoisotopic (exact) mass is 455 g/mol. The van der Waals surface area contributed by atoms with Gasteiger partial charge >= 0.3 is 0 Å². The van der Waals surface area contributed by atoms with E-state index in [1.807, 2.05) is 0 Å². The van der Waals surface area contributed by atoms with Crippen LogP contribution in [0, 0.1) is 0 Å². The number of halogens is 1. The lowest BCUT2D eigenvalue weighted by atomic mass is 9.81. The Morgan fingerprint density at radius 2 is 1.97 bits per heavy atom. The van der Waals surface area contributed by atoms with Crippen molar-refractivity contribution in [1.82, 2.24) is 0 Å². The second-order valence-corrected chi connectivity index (χ2v) is 8.31. The second kappa shape index (κ2) is 8.33. The number of rotatable bonds is 6. The van der Waals surface area contributed by atoms with Crippen molar-refractivity contribution in [2.24, 2.45) is 0 Å². The van der Waals surface area contributed by atoms with Gasteiger partial charge in [0.25, 0.3) is 0 Å². The molecule has 7 nitrogen and oxygen atoms in total. The van der Waals surface area contributed by atoms with Crippen LogP contribution in [0.4, 0.5) is 0 Å². The molecule has 4 rings (SSSR count).